The molecule has 2 rings (SSSR count). The average Bonchev–Trinajstić information content (AvgIpc) is 2.45. The van der Waals surface area contributed by atoms with Crippen LogP contribution >= 0.6 is 0 Å². The quantitative estimate of drug-likeness (QED) is 0.381. The molecule has 6 heteroatoms. The average molecular weight is 261 g/mol. The zero-order valence-electron chi connectivity index (χ0n) is 9.95. The van der Waals surface area contributed by atoms with Gasteiger partial charge in [0.25, 0.3) is 0 Å². The molecular formula is C13H12FN3O2. The minimum absolute atomic E-state index is 0.0612. The third-order valence-electron chi connectivity index (χ3n) is 2.46. The number of nitrogens with zero attached hydrogens (tertiary/aromatic N) is 2. The topological polar surface area (TPSA) is 80.7 Å². The van der Waals surface area contributed by atoms with Crippen LogP contribution in [0.1, 0.15) is 11.1 Å². The van der Waals surface area contributed by atoms with Gasteiger partial charge < -0.3 is 15.7 Å². The molecule has 0 aliphatic rings. The van der Waals surface area contributed by atoms with Crippen molar-refractivity contribution in [2.24, 2.45) is 10.9 Å². The summed E-state index contributed by atoms with van der Waals surface area (Å²) in [5.74, 6) is -0.738. The molecule has 1 aromatic heterocycles. The summed E-state index contributed by atoms with van der Waals surface area (Å²) in [5.41, 5.74) is 6.20. The standard InChI is InChI=1S/C13H12FN3O2/c14-10-4-1-5-11(12(10)13(15)17-18)19-8-9-3-2-6-16-7-9/h1-7,18H,8H2,(H2,15,17). The normalized spacial score (nSPS) is 11.3. The van der Waals surface area contributed by atoms with Crippen molar-refractivity contribution in [2.75, 3.05) is 0 Å². The maximum absolute atomic E-state index is 13.6. The van der Waals surface area contributed by atoms with E-state index in [0.29, 0.717) is 0 Å². The monoisotopic (exact) mass is 261 g/mol. The summed E-state index contributed by atoms with van der Waals surface area (Å²) in [5, 5.41) is 11.5. The summed E-state index contributed by atoms with van der Waals surface area (Å²) in [6.07, 6.45) is 3.29. The Bertz CT molecular complexity index is 588. The van der Waals surface area contributed by atoms with Gasteiger partial charge in [0.1, 0.15) is 18.2 Å². The smallest absolute Gasteiger partial charge is 0.176 e. The Hall–Kier alpha value is -2.63. The summed E-state index contributed by atoms with van der Waals surface area (Å²) in [6, 6.07) is 7.85. The van der Waals surface area contributed by atoms with Crippen LogP contribution in [0.5, 0.6) is 5.75 Å². The second-order valence-corrected chi connectivity index (χ2v) is 3.75. The minimum Gasteiger partial charge on any atom is -0.488 e. The summed E-state index contributed by atoms with van der Waals surface area (Å²) in [7, 11) is 0. The molecule has 0 unspecified atom stereocenters. The first kappa shape index (κ1) is 12.8. The van der Waals surface area contributed by atoms with Crippen LogP contribution in [0.15, 0.2) is 47.9 Å². The van der Waals surface area contributed by atoms with Crippen LogP contribution in [0.4, 0.5) is 4.39 Å². The number of amidine groups is 1. The van der Waals surface area contributed by atoms with E-state index in [4.69, 9.17) is 15.7 Å². The van der Waals surface area contributed by atoms with Gasteiger partial charge in [-0.2, -0.15) is 0 Å². The number of rotatable bonds is 4. The van der Waals surface area contributed by atoms with Gasteiger partial charge in [-0.3, -0.25) is 4.98 Å². The molecule has 0 spiro atoms. The Kier molecular flexibility index (Phi) is 3.92. The number of hydrogen-bond acceptors (Lipinski definition) is 4. The number of pyridine rings is 1. The van der Waals surface area contributed by atoms with E-state index < -0.39 is 5.82 Å². The van der Waals surface area contributed by atoms with E-state index in [-0.39, 0.29) is 23.8 Å². The second kappa shape index (κ2) is 5.81. The van der Waals surface area contributed by atoms with Gasteiger partial charge in [-0.05, 0) is 18.2 Å². The summed E-state index contributed by atoms with van der Waals surface area (Å²) < 4.78 is 19.1. The molecular weight excluding hydrogens is 249 g/mol. The summed E-state index contributed by atoms with van der Waals surface area (Å²) >= 11 is 0. The fraction of sp³-hybridized carbons (Fsp3) is 0.0769. The van der Waals surface area contributed by atoms with Gasteiger partial charge in [0.2, 0.25) is 0 Å². The highest BCUT2D eigenvalue weighted by Gasteiger charge is 2.14. The molecule has 5 nitrogen and oxygen atoms in total. The Balaban J connectivity index is 2.23. The number of halogens is 1. The Labute approximate surface area is 109 Å². The van der Waals surface area contributed by atoms with Crippen LogP contribution in [0.3, 0.4) is 0 Å². The lowest BCUT2D eigenvalue weighted by Gasteiger charge is -2.11. The Morgan fingerprint density at radius 2 is 2.21 bits per heavy atom. The second-order valence-electron chi connectivity index (χ2n) is 3.75. The van der Waals surface area contributed by atoms with Crippen LogP contribution in [-0.2, 0) is 6.61 Å². The van der Waals surface area contributed by atoms with Gasteiger partial charge in [0, 0.05) is 18.0 Å². The zero-order valence-corrected chi connectivity index (χ0v) is 9.95. The first-order valence-electron chi connectivity index (χ1n) is 5.50. The molecule has 0 saturated carbocycles. The van der Waals surface area contributed by atoms with Crippen LogP contribution in [0, 0.1) is 5.82 Å². The number of benzene rings is 1. The highest BCUT2D eigenvalue weighted by atomic mass is 19.1. The van der Waals surface area contributed by atoms with Crippen molar-refractivity contribution in [3.63, 3.8) is 0 Å². The number of oxime groups is 1. The van der Waals surface area contributed by atoms with Crippen molar-refractivity contribution in [3.8, 4) is 5.75 Å². The van der Waals surface area contributed by atoms with Crippen molar-refractivity contribution in [1.29, 1.82) is 0 Å². The maximum atomic E-state index is 13.6. The lowest BCUT2D eigenvalue weighted by atomic mass is 10.1. The van der Waals surface area contributed by atoms with Gasteiger partial charge in [0.05, 0.1) is 5.56 Å². The van der Waals surface area contributed by atoms with Crippen molar-refractivity contribution in [1.82, 2.24) is 4.98 Å². The lowest BCUT2D eigenvalue weighted by molar-refractivity contribution is 0.301. The van der Waals surface area contributed by atoms with Crippen molar-refractivity contribution < 1.29 is 14.3 Å². The van der Waals surface area contributed by atoms with E-state index in [1.165, 1.54) is 12.1 Å². The first-order chi connectivity index (χ1) is 9.22. The molecule has 0 saturated heterocycles. The van der Waals surface area contributed by atoms with Gasteiger partial charge in [-0.1, -0.05) is 17.3 Å². The maximum Gasteiger partial charge on any atom is 0.176 e. The van der Waals surface area contributed by atoms with Gasteiger partial charge >= 0.3 is 0 Å². The fourth-order valence-corrected chi connectivity index (χ4v) is 1.57. The lowest BCUT2D eigenvalue weighted by Crippen LogP contribution is -2.17. The zero-order chi connectivity index (χ0) is 13.7. The van der Waals surface area contributed by atoms with Crippen LogP contribution in [0.2, 0.25) is 0 Å². The third-order valence-corrected chi connectivity index (χ3v) is 2.46. The third kappa shape index (κ3) is 2.98. The van der Waals surface area contributed by atoms with Crippen molar-refractivity contribution in [2.45, 2.75) is 6.61 Å². The number of aromatic nitrogens is 1. The van der Waals surface area contributed by atoms with Crippen LogP contribution in [0.25, 0.3) is 0 Å². The summed E-state index contributed by atoms with van der Waals surface area (Å²) in [4.78, 5) is 3.95. The molecule has 0 aliphatic heterocycles. The largest absolute Gasteiger partial charge is 0.488 e. The fourth-order valence-electron chi connectivity index (χ4n) is 1.57. The van der Waals surface area contributed by atoms with E-state index in [2.05, 4.69) is 10.1 Å². The predicted octanol–water partition coefficient (Wildman–Crippen LogP) is 1.89. The first-order valence-corrected chi connectivity index (χ1v) is 5.50. The summed E-state index contributed by atoms with van der Waals surface area (Å²) in [6.45, 7) is 0.211. The van der Waals surface area contributed by atoms with Gasteiger partial charge in [-0.25, -0.2) is 4.39 Å². The molecule has 0 fully saturated rings. The molecule has 98 valence electrons. The van der Waals surface area contributed by atoms with Gasteiger partial charge in [0.15, 0.2) is 5.84 Å². The Morgan fingerprint density at radius 3 is 2.89 bits per heavy atom. The van der Waals surface area contributed by atoms with E-state index in [1.807, 2.05) is 6.07 Å². The minimum atomic E-state index is -0.612. The number of ether oxygens (including phenoxy) is 1. The molecule has 0 amide bonds. The molecule has 0 radical (unpaired) electrons. The molecule has 1 aromatic carbocycles. The van der Waals surface area contributed by atoms with Crippen LogP contribution < -0.4 is 10.5 Å². The Morgan fingerprint density at radius 1 is 1.37 bits per heavy atom. The van der Waals surface area contributed by atoms with Gasteiger partial charge in [-0.15, -0.1) is 0 Å². The molecule has 19 heavy (non-hydrogen) atoms. The number of nitrogens with two attached hydrogens (primary N) is 1. The molecule has 0 atom stereocenters. The molecule has 1 heterocycles. The molecule has 0 bridgehead atoms. The molecule has 0 aliphatic carbocycles. The van der Waals surface area contributed by atoms with Crippen LogP contribution in [-0.4, -0.2) is 16.0 Å². The highest BCUT2D eigenvalue weighted by Crippen LogP contribution is 2.22. The van der Waals surface area contributed by atoms with E-state index in [1.54, 1.807) is 24.5 Å². The molecule has 3 N–H and O–H groups in total. The SMILES string of the molecule is N/C(=N\O)c1c(F)cccc1OCc1cccnc1. The molecule has 2 aromatic rings. The van der Waals surface area contributed by atoms with E-state index in [9.17, 15) is 4.39 Å². The van der Waals surface area contributed by atoms with Crippen molar-refractivity contribution in [3.05, 3.63) is 59.7 Å². The van der Waals surface area contributed by atoms with Crippen molar-refractivity contribution >= 4 is 5.84 Å². The predicted molar refractivity (Wildman–Crippen MR) is 67.5 cm³/mol. The van der Waals surface area contributed by atoms with E-state index in [0.717, 1.165) is 5.56 Å². The van der Waals surface area contributed by atoms with E-state index >= 15 is 0 Å². The number of hydrogen-bond donors (Lipinski definition) is 2. The highest BCUT2D eigenvalue weighted by molar-refractivity contribution is 5.99.